The fraction of sp³-hybridized carbons (Fsp3) is 0.579. The number of aliphatic carboxylic acids is 1. The van der Waals surface area contributed by atoms with Crippen molar-refractivity contribution in [2.75, 3.05) is 0 Å². The van der Waals surface area contributed by atoms with Gasteiger partial charge in [0.2, 0.25) is 0 Å². The summed E-state index contributed by atoms with van der Waals surface area (Å²) in [6.07, 6.45) is 9.86. The van der Waals surface area contributed by atoms with Crippen molar-refractivity contribution >= 4 is 22.9 Å². The van der Waals surface area contributed by atoms with Gasteiger partial charge in [0.1, 0.15) is 17.7 Å². The molecule has 7 heteroatoms. The predicted octanol–water partition coefficient (Wildman–Crippen LogP) is 2.67. The Morgan fingerprint density at radius 3 is 2.42 bits per heavy atom. The van der Waals surface area contributed by atoms with Gasteiger partial charge in [0, 0.05) is 17.8 Å². The SMILES string of the molecule is O=C(NC12CCC(C(=O)O)(CC1)CC2)c1ncnc2c1ccn2C1CC1. The Bertz CT molecular complexity index is 890. The Morgan fingerprint density at radius 2 is 1.81 bits per heavy atom. The number of hydrogen-bond acceptors (Lipinski definition) is 4. The van der Waals surface area contributed by atoms with Gasteiger partial charge in [0.05, 0.1) is 10.8 Å². The summed E-state index contributed by atoms with van der Waals surface area (Å²) in [5.74, 6) is -0.855. The molecule has 4 fully saturated rings. The van der Waals surface area contributed by atoms with E-state index in [0.717, 1.165) is 43.1 Å². The van der Waals surface area contributed by atoms with E-state index in [4.69, 9.17) is 0 Å². The van der Waals surface area contributed by atoms with E-state index >= 15 is 0 Å². The van der Waals surface area contributed by atoms with E-state index in [-0.39, 0.29) is 11.4 Å². The number of carboxylic acid groups (broad SMARTS) is 1. The number of carbonyl (C=O) groups is 2. The average molecular weight is 354 g/mol. The zero-order valence-electron chi connectivity index (χ0n) is 14.6. The van der Waals surface area contributed by atoms with E-state index in [2.05, 4.69) is 19.9 Å². The second-order valence-corrected chi connectivity index (χ2v) is 8.23. The molecule has 4 aliphatic rings. The Balaban J connectivity index is 1.40. The molecule has 0 unspecified atom stereocenters. The summed E-state index contributed by atoms with van der Waals surface area (Å²) < 4.78 is 2.13. The maximum absolute atomic E-state index is 13.0. The number of rotatable bonds is 4. The summed E-state index contributed by atoms with van der Waals surface area (Å²) in [6, 6.07) is 2.43. The molecule has 0 saturated heterocycles. The third kappa shape index (κ3) is 2.26. The highest BCUT2D eigenvalue weighted by molar-refractivity contribution is 6.04. The van der Waals surface area contributed by atoms with E-state index in [1.807, 2.05) is 12.3 Å². The topological polar surface area (TPSA) is 97.1 Å². The number of amides is 1. The van der Waals surface area contributed by atoms with Gasteiger partial charge in [-0.1, -0.05) is 0 Å². The Hall–Kier alpha value is -2.44. The van der Waals surface area contributed by atoms with Crippen molar-refractivity contribution < 1.29 is 14.7 Å². The monoisotopic (exact) mass is 354 g/mol. The van der Waals surface area contributed by atoms with Crippen LogP contribution in [0.3, 0.4) is 0 Å². The highest BCUT2D eigenvalue weighted by atomic mass is 16.4. The van der Waals surface area contributed by atoms with Gasteiger partial charge in [-0.15, -0.1) is 0 Å². The number of nitrogens with one attached hydrogen (secondary N) is 1. The van der Waals surface area contributed by atoms with Gasteiger partial charge in [0.25, 0.3) is 5.91 Å². The van der Waals surface area contributed by atoms with Crippen molar-refractivity contribution in [3.8, 4) is 0 Å². The molecule has 26 heavy (non-hydrogen) atoms. The molecule has 1 amide bonds. The summed E-state index contributed by atoms with van der Waals surface area (Å²) in [7, 11) is 0. The molecule has 2 bridgehead atoms. The van der Waals surface area contributed by atoms with Crippen LogP contribution in [0.5, 0.6) is 0 Å². The first-order chi connectivity index (χ1) is 12.5. The molecule has 2 N–H and O–H groups in total. The van der Waals surface area contributed by atoms with E-state index in [1.165, 1.54) is 6.33 Å². The van der Waals surface area contributed by atoms with Crippen molar-refractivity contribution in [1.82, 2.24) is 19.9 Å². The molecule has 4 saturated carbocycles. The van der Waals surface area contributed by atoms with E-state index in [1.54, 1.807) is 0 Å². The van der Waals surface area contributed by atoms with Crippen LogP contribution in [0.2, 0.25) is 0 Å². The van der Waals surface area contributed by atoms with Crippen molar-refractivity contribution in [2.45, 2.75) is 62.9 Å². The summed E-state index contributed by atoms with van der Waals surface area (Å²) in [4.78, 5) is 33.2. The normalized spacial score (nSPS) is 30.5. The lowest BCUT2D eigenvalue weighted by Gasteiger charge is -2.51. The van der Waals surface area contributed by atoms with Crippen molar-refractivity contribution in [3.05, 3.63) is 24.3 Å². The maximum atomic E-state index is 13.0. The van der Waals surface area contributed by atoms with Crippen molar-refractivity contribution in [3.63, 3.8) is 0 Å². The molecule has 0 spiro atoms. The van der Waals surface area contributed by atoms with Gasteiger partial charge >= 0.3 is 5.97 Å². The third-order valence-electron chi connectivity index (χ3n) is 6.74. The fourth-order valence-electron chi connectivity index (χ4n) is 4.79. The van der Waals surface area contributed by atoms with Crippen molar-refractivity contribution in [2.24, 2.45) is 5.41 Å². The zero-order valence-corrected chi connectivity index (χ0v) is 14.6. The Morgan fingerprint density at radius 1 is 1.12 bits per heavy atom. The number of fused-ring (bicyclic) bond motifs is 4. The number of aromatic nitrogens is 3. The van der Waals surface area contributed by atoms with Crippen LogP contribution in [0.1, 0.15) is 67.9 Å². The lowest BCUT2D eigenvalue weighted by atomic mass is 9.57. The highest BCUT2D eigenvalue weighted by Crippen LogP contribution is 2.52. The van der Waals surface area contributed by atoms with Crippen LogP contribution in [0.15, 0.2) is 18.6 Å². The van der Waals surface area contributed by atoms with Gasteiger partial charge in [-0.3, -0.25) is 9.59 Å². The first kappa shape index (κ1) is 15.8. The van der Waals surface area contributed by atoms with Gasteiger partial charge in [-0.05, 0) is 57.4 Å². The zero-order chi connectivity index (χ0) is 17.9. The molecular weight excluding hydrogens is 332 g/mol. The molecule has 0 aromatic carbocycles. The fourth-order valence-corrected chi connectivity index (χ4v) is 4.79. The third-order valence-corrected chi connectivity index (χ3v) is 6.74. The molecule has 4 aliphatic carbocycles. The van der Waals surface area contributed by atoms with Crippen LogP contribution in [0.25, 0.3) is 11.0 Å². The smallest absolute Gasteiger partial charge is 0.309 e. The standard InChI is InChI=1S/C19H22N4O3/c24-16(22-19-7-4-18(5-8-19,6-9-19)17(25)26)14-13-3-10-23(12-1-2-12)15(13)21-11-20-14/h3,10-12H,1-2,4-9H2,(H,22,24)(H,25,26). The van der Waals surface area contributed by atoms with E-state index < -0.39 is 11.4 Å². The maximum Gasteiger partial charge on any atom is 0.309 e. The lowest BCUT2D eigenvalue weighted by Crippen LogP contribution is -2.58. The molecule has 6 rings (SSSR count). The Labute approximate surface area is 150 Å². The second kappa shape index (κ2) is 5.28. The van der Waals surface area contributed by atoms with Crippen LogP contribution in [-0.2, 0) is 4.79 Å². The van der Waals surface area contributed by atoms with Crippen LogP contribution in [0, 0.1) is 5.41 Å². The van der Waals surface area contributed by atoms with Gasteiger partial charge in [-0.2, -0.15) is 0 Å². The minimum Gasteiger partial charge on any atom is -0.481 e. The van der Waals surface area contributed by atoms with Gasteiger partial charge in [-0.25, -0.2) is 9.97 Å². The highest BCUT2D eigenvalue weighted by Gasteiger charge is 2.53. The molecule has 0 atom stereocenters. The quantitative estimate of drug-likeness (QED) is 0.880. The van der Waals surface area contributed by atoms with Crippen LogP contribution >= 0.6 is 0 Å². The number of nitrogens with zero attached hydrogens (tertiary/aromatic N) is 3. The summed E-state index contributed by atoms with van der Waals surface area (Å²) >= 11 is 0. The number of carboxylic acids is 1. The molecule has 2 aromatic heterocycles. The Kier molecular flexibility index (Phi) is 3.21. The van der Waals surface area contributed by atoms with Crippen molar-refractivity contribution in [1.29, 1.82) is 0 Å². The lowest BCUT2D eigenvalue weighted by molar-refractivity contribution is -0.156. The van der Waals surface area contributed by atoms with Crippen LogP contribution in [0.4, 0.5) is 0 Å². The second-order valence-electron chi connectivity index (χ2n) is 8.23. The largest absolute Gasteiger partial charge is 0.481 e. The van der Waals surface area contributed by atoms with E-state index in [0.29, 0.717) is 31.0 Å². The molecule has 7 nitrogen and oxygen atoms in total. The molecule has 2 aromatic rings. The molecule has 2 heterocycles. The number of hydrogen-bond donors (Lipinski definition) is 2. The minimum atomic E-state index is -0.684. The molecule has 0 radical (unpaired) electrons. The van der Waals surface area contributed by atoms with Gasteiger partial charge < -0.3 is 15.0 Å². The molecule has 0 aliphatic heterocycles. The first-order valence-electron chi connectivity index (χ1n) is 9.40. The van der Waals surface area contributed by atoms with Gasteiger partial charge in [0.15, 0.2) is 0 Å². The summed E-state index contributed by atoms with van der Waals surface area (Å²) in [5, 5.41) is 13.5. The summed E-state index contributed by atoms with van der Waals surface area (Å²) in [5.41, 5.74) is 0.382. The van der Waals surface area contributed by atoms with Crippen LogP contribution < -0.4 is 5.32 Å². The summed E-state index contributed by atoms with van der Waals surface area (Å²) in [6.45, 7) is 0. The molecular formula is C19H22N4O3. The van der Waals surface area contributed by atoms with Crippen LogP contribution in [-0.4, -0.2) is 37.1 Å². The van der Waals surface area contributed by atoms with E-state index in [9.17, 15) is 14.7 Å². The molecule has 136 valence electrons. The average Bonchev–Trinajstić information content (AvgIpc) is 3.41. The predicted molar refractivity (Wildman–Crippen MR) is 93.8 cm³/mol. The first-order valence-corrected chi connectivity index (χ1v) is 9.40. The minimum absolute atomic E-state index is 0.171. The number of carbonyl (C=O) groups excluding carboxylic acids is 1.